The van der Waals surface area contributed by atoms with E-state index in [0.717, 1.165) is 40.7 Å². The molecule has 11 heteroatoms. The second-order valence-electron chi connectivity index (χ2n) is 7.72. The van der Waals surface area contributed by atoms with Crippen LogP contribution in [0.25, 0.3) is 11.1 Å². The predicted molar refractivity (Wildman–Crippen MR) is 120 cm³/mol. The maximum absolute atomic E-state index is 13.3. The maximum Gasteiger partial charge on any atom is 0.416 e. The van der Waals surface area contributed by atoms with Gasteiger partial charge < -0.3 is 9.84 Å². The Labute approximate surface area is 199 Å². The molecule has 0 saturated carbocycles. The summed E-state index contributed by atoms with van der Waals surface area (Å²) < 4.78 is 85.1. The van der Waals surface area contributed by atoms with Crippen LogP contribution in [0.5, 0.6) is 5.75 Å². The number of carbonyl (C=O) groups is 1. The van der Waals surface area contributed by atoms with Gasteiger partial charge in [0.15, 0.2) is 6.10 Å². The van der Waals surface area contributed by atoms with E-state index in [1.54, 1.807) is 0 Å². The number of carboxylic acids is 1. The van der Waals surface area contributed by atoms with E-state index in [2.05, 4.69) is 0 Å². The molecule has 0 spiro atoms. The van der Waals surface area contributed by atoms with E-state index in [4.69, 9.17) is 4.74 Å². The Balaban J connectivity index is 2.01. The number of ether oxygens (including phenoxy) is 1. The average molecular weight is 511 g/mol. The topological polar surface area (TPSA) is 83.9 Å². The van der Waals surface area contributed by atoms with E-state index >= 15 is 0 Å². The van der Waals surface area contributed by atoms with E-state index in [0.29, 0.717) is 5.56 Å². The smallest absolute Gasteiger partial charge is 0.416 e. The van der Waals surface area contributed by atoms with Crippen LogP contribution < -0.4 is 4.74 Å². The summed E-state index contributed by atoms with van der Waals surface area (Å²) >= 11 is 0. The summed E-state index contributed by atoms with van der Waals surface area (Å²) in [5, 5.41) is 9.17. The average Bonchev–Trinajstić information content (AvgIpc) is 2.79. The fourth-order valence-corrected chi connectivity index (χ4v) is 4.40. The zero-order valence-electron chi connectivity index (χ0n) is 18.6. The highest BCUT2D eigenvalue weighted by Gasteiger charge is 2.31. The largest absolute Gasteiger partial charge is 0.479 e. The van der Waals surface area contributed by atoms with Gasteiger partial charge in [0.05, 0.1) is 10.5 Å². The van der Waals surface area contributed by atoms with Crippen molar-refractivity contribution in [1.29, 1.82) is 0 Å². The van der Waals surface area contributed by atoms with Crippen molar-refractivity contribution in [1.82, 2.24) is 4.31 Å². The second-order valence-corrected chi connectivity index (χ2v) is 9.77. The van der Waals surface area contributed by atoms with Gasteiger partial charge in [-0.3, -0.25) is 0 Å². The molecule has 3 aromatic rings. The van der Waals surface area contributed by atoms with Crippen molar-refractivity contribution < 1.29 is 40.6 Å². The van der Waals surface area contributed by atoms with Crippen molar-refractivity contribution in [2.75, 3.05) is 7.05 Å². The van der Waals surface area contributed by atoms with Gasteiger partial charge in [0.1, 0.15) is 11.6 Å². The van der Waals surface area contributed by atoms with Gasteiger partial charge in [0.25, 0.3) is 0 Å². The van der Waals surface area contributed by atoms with Crippen LogP contribution in [0.15, 0.2) is 71.6 Å². The molecule has 0 amide bonds. The first kappa shape index (κ1) is 26.2. The fourth-order valence-electron chi connectivity index (χ4n) is 3.24. The molecule has 0 unspecified atom stereocenters. The summed E-state index contributed by atoms with van der Waals surface area (Å²) in [6.45, 7) is 1.11. The molecule has 0 bridgehead atoms. The van der Waals surface area contributed by atoms with Gasteiger partial charge in [0.2, 0.25) is 10.0 Å². The maximum atomic E-state index is 13.3. The molecular weight excluding hydrogens is 490 g/mol. The van der Waals surface area contributed by atoms with E-state index < -0.39 is 39.7 Å². The Morgan fingerprint density at radius 1 is 1.06 bits per heavy atom. The molecule has 1 N–H and O–H groups in total. The van der Waals surface area contributed by atoms with Crippen molar-refractivity contribution in [3.63, 3.8) is 0 Å². The van der Waals surface area contributed by atoms with Crippen LogP contribution in [0, 0.1) is 5.82 Å². The Bertz CT molecular complexity index is 1320. The van der Waals surface area contributed by atoms with Gasteiger partial charge in [-0.1, -0.05) is 18.2 Å². The zero-order valence-corrected chi connectivity index (χ0v) is 19.4. The lowest BCUT2D eigenvalue weighted by Crippen LogP contribution is -2.26. The van der Waals surface area contributed by atoms with Crippen molar-refractivity contribution >= 4 is 16.0 Å². The third kappa shape index (κ3) is 6.17. The number of benzene rings is 3. The molecule has 1 atom stereocenters. The fraction of sp³-hybridized carbons (Fsp3) is 0.208. The van der Waals surface area contributed by atoms with Crippen LogP contribution in [-0.4, -0.2) is 37.0 Å². The van der Waals surface area contributed by atoms with Crippen LogP contribution >= 0.6 is 0 Å². The summed E-state index contributed by atoms with van der Waals surface area (Å²) in [6.07, 6.45) is -5.89. The van der Waals surface area contributed by atoms with Gasteiger partial charge >= 0.3 is 12.1 Å². The quantitative estimate of drug-likeness (QED) is 0.421. The van der Waals surface area contributed by atoms with E-state index in [-0.39, 0.29) is 28.3 Å². The minimum absolute atomic E-state index is 0.0204. The van der Waals surface area contributed by atoms with Gasteiger partial charge in [-0.15, -0.1) is 0 Å². The lowest BCUT2D eigenvalue weighted by atomic mass is 9.99. The molecule has 0 aliphatic carbocycles. The Morgan fingerprint density at radius 2 is 1.71 bits per heavy atom. The zero-order chi connectivity index (χ0) is 26.0. The summed E-state index contributed by atoms with van der Waals surface area (Å²) in [6, 6.07) is 13.0. The number of halogens is 4. The Kier molecular flexibility index (Phi) is 7.51. The number of nitrogens with zero attached hydrogens (tertiary/aromatic N) is 1. The number of sulfonamides is 1. The highest BCUT2D eigenvalue weighted by Crippen LogP contribution is 2.36. The van der Waals surface area contributed by atoms with Crippen LogP contribution in [0.4, 0.5) is 17.6 Å². The first-order chi connectivity index (χ1) is 16.3. The number of aliphatic carboxylic acids is 1. The van der Waals surface area contributed by atoms with Crippen LogP contribution in [0.1, 0.15) is 18.1 Å². The summed E-state index contributed by atoms with van der Waals surface area (Å²) in [4.78, 5) is 11.1. The molecule has 3 aromatic carbocycles. The summed E-state index contributed by atoms with van der Waals surface area (Å²) in [5.74, 6) is -1.84. The van der Waals surface area contributed by atoms with E-state index in [9.17, 15) is 35.9 Å². The third-order valence-electron chi connectivity index (χ3n) is 5.12. The molecule has 3 rings (SSSR count). The third-order valence-corrected chi connectivity index (χ3v) is 6.94. The van der Waals surface area contributed by atoms with Gasteiger partial charge in [0, 0.05) is 19.2 Å². The molecule has 35 heavy (non-hydrogen) atoms. The van der Waals surface area contributed by atoms with Gasteiger partial charge in [-0.2, -0.15) is 17.5 Å². The highest BCUT2D eigenvalue weighted by atomic mass is 32.2. The molecule has 0 fully saturated rings. The molecule has 0 aliphatic rings. The number of hydrogen-bond donors (Lipinski definition) is 1. The van der Waals surface area contributed by atoms with Crippen LogP contribution in [0.2, 0.25) is 0 Å². The van der Waals surface area contributed by atoms with Gasteiger partial charge in [-0.25, -0.2) is 17.6 Å². The molecule has 0 saturated heterocycles. The van der Waals surface area contributed by atoms with E-state index in [1.807, 2.05) is 0 Å². The molecule has 0 heterocycles. The first-order valence-corrected chi connectivity index (χ1v) is 11.6. The SMILES string of the molecule is C[C@@H](Oc1ccc(CN(C)S(=O)(=O)c2ccc(F)cc2)cc1-c1cccc(C(F)(F)F)c1)C(=O)O. The number of carboxylic acid groups (broad SMARTS) is 1. The summed E-state index contributed by atoms with van der Waals surface area (Å²) in [5.41, 5.74) is -0.234. The predicted octanol–water partition coefficient (Wildman–Crippen LogP) is 5.18. The number of alkyl halides is 3. The van der Waals surface area contributed by atoms with E-state index in [1.165, 1.54) is 44.3 Å². The minimum Gasteiger partial charge on any atom is -0.479 e. The van der Waals surface area contributed by atoms with Crippen molar-refractivity contribution in [3.8, 4) is 16.9 Å². The lowest BCUT2D eigenvalue weighted by molar-refractivity contribution is -0.144. The molecular formula is C24H21F4NO5S. The summed E-state index contributed by atoms with van der Waals surface area (Å²) in [7, 11) is -2.68. The lowest BCUT2D eigenvalue weighted by Gasteiger charge is -2.20. The molecule has 6 nitrogen and oxygen atoms in total. The number of hydrogen-bond acceptors (Lipinski definition) is 4. The molecule has 0 radical (unpaired) electrons. The monoisotopic (exact) mass is 511 g/mol. The second kappa shape index (κ2) is 10.0. The normalized spacial score (nSPS) is 13.0. The van der Waals surface area contributed by atoms with Gasteiger partial charge in [-0.05, 0) is 66.6 Å². The minimum atomic E-state index is -4.60. The van der Waals surface area contributed by atoms with Crippen molar-refractivity contribution in [3.05, 3.63) is 83.7 Å². The van der Waals surface area contributed by atoms with Crippen molar-refractivity contribution in [2.24, 2.45) is 0 Å². The Morgan fingerprint density at radius 3 is 2.31 bits per heavy atom. The van der Waals surface area contributed by atoms with Crippen molar-refractivity contribution in [2.45, 2.75) is 30.6 Å². The Hall–Kier alpha value is -3.44. The molecule has 0 aliphatic heterocycles. The van der Waals surface area contributed by atoms with Crippen LogP contribution in [-0.2, 0) is 27.5 Å². The molecule has 186 valence electrons. The molecule has 0 aromatic heterocycles. The number of rotatable bonds is 8. The highest BCUT2D eigenvalue weighted by molar-refractivity contribution is 7.89. The van der Waals surface area contributed by atoms with Crippen LogP contribution in [0.3, 0.4) is 0 Å². The standard InChI is InChI=1S/C24H21F4NO5S/c1-15(23(30)31)34-22-11-6-16(12-21(22)17-4-3-5-18(13-17)24(26,27)28)14-29(2)35(32,33)20-9-7-19(25)8-10-20/h3-13,15H,14H2,1-2H3,(H,30,31)/t15-/m1/s1. The first-order valence-electron chi connectivity index (χ1n) is 10.2.